The van der Waals surface area contributed by atoms with E-state index in [2.05, 4.69) is 43.3 Å². The molecule has 3 aromatic rings. The highest BCUT2D eigenvalue weighted by Crippen LogP contribution is 2.21. The maximum absolute atomic E-state index is 5.82. The second kappa shape index (κ2) is 8.84. The van der Waals surface area contributed by atoms with Crippen LogP contribution in [0, 0.1) is 0 Å². The molecule has 0 saturated carbocycles. The predicted octanol–water partition coefficient (Wildman–Crippen LogP) is 5.84. The lowest BCUT2D eigenvalue weighted by Gasteiger charge is -2.10. The average Bonchev–Trinajstić information content (AvgIpc) is 2.69. The third-order valence-corrected chi connectivity index (χ3v) is 4.10. The molecule has 0 aliphatic rings. The van der Waals surface area contributed by atoms with E-state index in [1.807, 2.05) is 54.7 Å². The highest BCUT2D eigenvalue weighted by molar-refractivity contribution is 5.80. The minimum atomic E-state index is 0.204. The summed E-state index contributed by atoms with van der Waals surface area (Å²) >= 11 is 0. The van der Waals surface area contributed by atoms with Crippen molar-refractivity contribution in [3.8, 4) is 5.75 Å². The van der Waals surface area contributed by atoms with Crippen molar-refractivity contribution in [1.82, 2.24) is 0 Å². The number of hydrogen-bond acceptors (Lipinski definition) is 2. The van der Waals surface area contributed by atoms with Crippen LogP contribution < -0.4 is 4.74 Å². The minimum Gasteiger partial charge on any atom is -0.489 e. The molecule has 0 amide bonds. The van der Waals surface area contributed by atoms with E-state index >= 15 is 0 Å². The number of aliphatic imine (C=N–C) groups is 1. The zero-order valence-electron chi connectivity index (χ0n) is 14.5. The smallest absolute Gasteiger partial charge is 0.119 e. The van der Waals surface area contributed by atoms with Crippen molar-refractivity contribution in [3.63, 3.8) is 0 Å². The van der Waals surface area contributed by atoms with E-state index in [1.54, 1.807) is 0 Å². The molecule has 0 N–H and O–H groups in total. The van der Waals surface area contributed by atoms with Gasteiger partial charge < -0.3 is 4.74 Å². The Morgan fingerprint density at radius 2 is 1.48 bits per heavy atom. The minimum absolute atomic E-state index is 0.204. The van der Waals surface area contributed by atoms with Crippen LogP contribution in [0.1, 0.15) is 36.1 Å². The molecule has 0 bridgehead atoms. The van der Waals surface area contributed by atoms with Crippen LogP contribution in [0.25, 0.3) is 0 Å². The fourth-order valence-electron chi connectivity index (χ4n) is 2.67. The second-order valence-electron chi connectivity index (χ2n) is 5.96. The molecular formula is C23H23NO. The third kappa shape index (κ3) is 5.05. The van der Waals surface area contributed by atoms with Crippen LogP contribution in [0.3, 0.4) is 0 Å². The SMILES string of the molecule is CCC(/N=C\c1ccc(OCc2ccccc2)cc1)c1ccccc1. The molecule has 126 valence electrons. The van der Waals surface area contributed by atoms with Crippen LogP contribution in [0.5, 0.6) is 5.75 Å². The molecule has 2 nitrogen and oxygen atoms in total. The molecule has 0 spiro atoms. The first-order valence-electron chi connectivity index (χ1n) is 8.70. The first-order valence-corrected chi connectivity index (χ1v) is 8.70. The normalized spacial score (nSPS) is 12.2. The zero-order chi connectivity index (χ0) is 17.3. The fourth-order valence-corrected chi connectivity index (χ4v) is 2.67. The molecule has 1 atom stereocenters. The van der Waals surface area contributed by atoms with E-state index in [9.17, 15) is 0 Å². The molecule has 0 saturated heterocycles. The number of ether oxygens (including phenoxy) is 1. The number of nitrogens with zero attached hydrogens (tertiary/aromatic N) is 1. The van der Waals surface area contributed by atoms with Crippen LogP contribution in [0.2, 0.25) is 0 Å². The van der Waals surface area contributed by atoms with Crippen LogP contribution in [0.15, 0.2) is 89.9 Å². The second-order valence-corrected chi connectivity index (χ2v) is 5.96. The lowest BCUT2D eigenvalue weighted by atomic mass is 10.1. The third-order valence-electron chi connectivity index (χ3n) is 4.10. The maximum Gasteiger partial charge on any atom is 0.119 e. The van der Waals surface area contributed by atoms with Gasteiger partial charge in [-0.2, -0.15) is 0 Å². The summed E-state index contributed by atoms with van der Waals surface area (Å²) in [5.74, 6) is 0.871. The Hall–Kier alpha value is -2.87. The lowest BCUT2D eigenvalue weighted by Crippen LogP contribution is -1.96. The number of hydrogen-bond donors (Lipinski definition) is 0. The van der Waals surface area contributed by atoms with Gasteiger partial charge in [0, 0.05) is 6.21 Å². The first-order chi connectivity index (χ1) is 12.3. The summed E-state index contributed by atoms with van der Waals surface area (Å²) in [7, 11) is 0. The molecule has 3 aromatic carbocycles. The predicted molar refractivity (Wildman–Crippen MR) is 104 cm³/mol. The van der Waals surface area contributed by atoms with Gasteiger partial charge in [0.05, 0.1) is 6.04 Å². The van der Waals surface area contributed by atoms with E-state index < -0.39 is 0 Å². The van der Waals surface area contributed by atoms with E-state index in [0.29, 0.717) is 6.61 Å². The summed E-state index contributed by atoms with van der Waals surface area (Å²) in [6.45, 7) is 2.75. The summed E-state index contributed by atoms with van der Waals surface area (Å²) in [5, 5.41) is 0. The molecule has 3 rings (SSSR count). The van der Waals surface area contributed by atoms with Crippen molar-refractivity contribution >= 4 is 6.21 Å². The quantitative estimate of drug-likeness (QED) is 0.499. The number of benzene rings is 3. The first kappa shape index (κ1) is 17.0. The summed E-state index contributed by atoms with van der Waals surface area (Å²) in [4.78, 5) is 4.74. The Labute approximate surface area is 149 Å². The molecule has 0 heterocycles. The summed E-state index contributed by atoms with van der Waals surface area (Å²) in [5.41, 5.74) is 3.51. The Bertz CT molecular complexity index is 779. The lowest BCUT2D eigenvalue weighted by molar-refractivity contribution is 0.306. The Kier molecular flexibility index (Phi) is 6.00. The average molecular weight is 329 g/mol. The highest BCUT2D eigenvalue weighted by Gasteiger charge is 2.05. The van der Waals surface area contributed by atoms with E-state index in [4.69, 9.17) is 9.73 Å². The fraction of sp³-hybridized carbons (Fsp3) is 0.174. The molecule has 0 radical (unpaired) electrons. The van der Waals surface area contributed by atoms with E-state index in [0.717, 1.165) is 17.7 Å². The molecule has 0 aliphatic heterocycles. The van der Waals surface area contributed by atoms with Gasteiger partial charge in [-0.05, 0) is 47.4 Å². The van der Waals surface area contributed by atoms with Crippen LogP contribution in [0.4, 0.5) is 0 Å². The summed E-state index contributed by atoms with van der Waals surface area (Å²) in [6.07, 6.45) is 2.93. The van der Waals surface area contributed by atoms with Gasteiger partial charge in [0.25, 0.3) is 0 Å². The molecule has 2 heteroatoms. The van der Waals surface area contributed by atoms with Gasteiger partial charge in [0.2, 0.25) is 0 Å². The monoisotopic (exact) mass is 329 g/mol. The van der Waals surface area contributed by atoms with Crippen molar-refractivity contribution in [1.29, 1.82) is 0 Å². The topological polar surface area (TPSA) is 21.6 Å². The van der Waals surface area contributed by atoms with Gasteiger partial charge in [-0.3, -0.25) is 4.99 Å². The van der Waals surface area contributed by atoms with Gasteiger partial charge in [0.1, 0.15) is 12.4 Å². The van der Waals surface area contributed by atoms with Gasteiger partial charge in [-0.25, -0.2) is 0 Å². The summed E-state index contributed by atoms with van der Waals surface area (Å²) in [6, 6.07) is 28.9. The largest absolute Gasteiger partial charge is 0.489 e. The van der Waals surface area contributed by atoms with Crippen molar-refractivity contribution in [2.45, 2.75) is 26.0 Å². The molecule has 0 fully saturated rings. The molecule has 0 aromatic heterocycles. The van der Waals surface area contributed by atoms with Crippen LogP contribution in [-0.4, -0.2) is 6.21 Å². The molecule has 0 aliphatic carbocycles. The van der Waals surface area contributed by atoms with Gasteiger partial charge in [-0.15, -0.1) is 0 Å². The zero-order valence-corrected chi connectivity index (χ0v) is 14.5. The van der Waals surface area contributed by atoms with Crippen molar-refractivity contribution < 1.29 is 4.74 Å². The molecule has 25 heavy (non-hydrogen) atoms. The standard InChI is InChI=1S/C23H23NO/c1-2-23(21-11-7-4-8-12-21)24-17-19-13-15-22(16-14-19)25-18-20-9-5-3-6-10-20/h3-17,23H,2,18H2,1H3/b24-17-. The van der Waals surface area contributed by atoms with Gasteiger partial charge in [-0.1, -0.05) is 67.6 Å². The van der Waals surface area contributed by atoms with Crippen molar-refractivity contribution in [2.75, 3.05) is 0 Å². The Balaban J connectivity index is 1.60. The van der Waals surface area contributed by atoms with Crippen LogP contribution in [-0.2, 0) is 6.61 Å². The molecular weight excluding hydrogens is 306 g/mol. The molecule has 1 unspecified atom stereocenters. The van der Waals surface area contributed by atoms with Gasteiger partial charge >= 0.3 is 0 Å². The maximum atomic E-state index is 5.82. The summed E-state index contributed by atoms with van der Waals surface area (Å²) < 4.78 is 5.82. The highest BCUT2D eigenvalue weighted by atomic mass is 16.5. The Morgan fingerprint density at radius 3 is 2.12 bits per heavy atom. The van der Waals surface area contributed by atoms with Crippen LogP contribution >= 0.6 is 0 Å². The Morgan fingerprint density at radius 1 is 0.840 bits per heavy atom. The van der Waals surface area contributed by atoms with E-state index in [1.165, 1.54) is 11.1 Å². The van der Waals surface area contributed by atoms with Gasteiger partial charge in [0.15, 0.2) is 0 Å². The number of rotatable bonds is 7. The van der Waals surface area contributed by atoms with Crippen molar-refractivity contribution in [2.24, 2.45) is 4.99 Å². The van der Waals surface area contributed by atoms with E-state index in [-0.39, 0.29) is 6.04 Å². The van der Waals surface area contributed by atoms with Crippen molar-refractivity contribution in [3.05, 3.63) is 102 Å².